The van der Waals surface area contributed by atoms with E-state index >= 15 is 0 Å². The minimum absolute atomic E-state index is 0.208. The summed E-state index contributed by atoms with van der Waals surface area (Å²) >= 11 is 0. The van der Waals surface area contributed by atoms with Gasteiger partial charge in [0.15, 0.2) is 5.82 Å². The van der Waals surface area contributed by atoms with Crippen molar-refractivity contribution in [2.45, 2.75) is 52.4 Å². The number of aryl methyl sites for hydroxylation is 1. The van der Waals surface area contributed by atoms with Gasteiger partial charge in [-0.3, -0.25) is 4.79 Å². The van der Waals surface area contributed by atoms with Gasteiger partial charge in [0.05, 0.1) is 5.92 Å². The number of hydrogen-bond donors (Lipinski definition) is 2. The van der Waals surface area contributed by atoms with Gasteiger partial charge in [0.2, 0.25) is 0 Å². The number of tetrazole rings is 1. The van der Waals surface area contributed by atoms with Crippen LogP contribution in [0.2, 0.25) is 0 Å². The first-order chi connectivity index (χ1) is 11.9. The lowest BCUT2D eigenvalue weighted by Gasteiger charge is -2.23. The highest BCUT2D eigenvalue weighted by molar-refractivity contribution is 5.71. The standard InChI is InChI=1S/C18H25FN4O2/c1-4-5-13-7-6-12(10-16(13)19)9-14(17-20-22-23-21-17)15(18(24)25)8-11(2)3/h6-7,10-11,14-15H,4-5,8-9H2,1-3H3,(H,24,25)(H,20,21,22,23)/t14-,15-/m0/s1. The largest absolute Gasteiger partial charge is 0.481 e. The molecule has 6 nitrogen and oxygen atoms in total. The van der Waals surface area contributed by atoms with Crippen LogP contribution in [0, 0.1) is 17.7 Å². The number of carbonyl (C=O) groups is 1. The highest BCUT2D eigenvalue weighted by atomic mass is 19.1. The molecule has 1 aromatic heterocycles. The number of H-pyrrole nitrogens is 1. The molecule has 1 aromatic carbocycles. The van der Waals surface area contributed by atoms with Crippen LogP contribution in [0.15, 0.2) is 18.2 Å². The van der Waals surface area contributed by atoms with Crippen molar-refractivity contribution in [3.8, 4) is 0 Å². The number of carboxylic acid groups (broad SMARTS) is 1. The van der Waals surface area contributed by atoms with Crippen molar-refractivity contribution in [2.24, 2.45) is 11.8 Å². The molecule has 0 unspecified atom stereocenters. The van der Waals surface area contributed by atoms with Gasteiger partial charge in [-0.1, -0.05) is 44.5 Å². The van der Waals surface area contributed by atoms with Crippen molar-refractivity contribution in [1.29, 1.82) is 0 Å². The molecule has 0 fully saturated rings. The molecule has 0 aliphatic carbocycles. The molecule has 2 N–H and O–H groups in total. The minimum Gasteiger partial charge on any atom is -0.481 e. The number of hydrogen-bond acceptors (Lipinski definition) is 4. The summed E-state index contributed by atoms with van der Waals surface area (Å²) in [5.74, 6) is -1.70. The van der Waals surface area contributed by atoms with Crippen molar-refractivity contribution in [3.63, 3.8) is 0 Å². The fourth-order valence-corrected chi connectivity index (χ4v) is 3.13. The van der Waals surface area contributed by atoms with Crippen LogP contribution in [-0.4, -0.2) is 31.7 Å². The molecular weight excluding hydrogens is 323 g/mol. The van der Waals surface area contributed by atoms with Crippen LogP contribution in [0.4, 0.5) is 4.39 Å². The monoisotopic (exact) mass is 348 g/mol. The molecule has 2 atom stereocenters. The van der Waals surface area contributed by atoms with E-state index in [0.29, 0.717) is 30.7 Å². The van der Waals surface area contributed by atoms with Crippen molar-refractivity contribution >= 4 is 5.97 Å². The van der Waals surface area contributed by atoms with E-state index in [0.717, 1.165) is 12.0 Å². The Balaban J connectivity index is 2.30. The van der Waals surface area contributed by atoms with E-state index in [-0.39, 0.29) is 11.7 Å². The number of benzene rings is 1. The summed E-state index contributed by atoms with van der Waals surface area (Å²) in [6.45, 7) is 5.95. The summed E-state index contributed by atoms with van der Waals surface area (Å²) in [5.41, 5.74) is 1.42. The molecule has 2 aromatic rings. The van der Waals surface area contributed by atoms with Gasteiger partial charge >= 0.3 is 5.97 Å². The van der Waals surface area contributed by atoms with Crippen molar-refractivity contribution in [1.82, 2.24) is 20.6 Å². The molecular formula is C18H25FN4O2. The Bertz CT molecular complexity index is 688. The van der Waals surface area contributed by atoms with E-state index in [2.05, 4.69) is 20.6 Å². The van der Waals surface area contributed by atoms with Crippen LogP contribution >= 0.6 is 0 Å². The second kappa shape index (κ2) is 8.69. The van der Waals surface area contributed by atoms with Crippen LogP contribution in [0.3, 0.4) is 0 Å². The molecule has 0 amide bonds. The van der Waals surface area contributed by atoms with E-state index in [4.69, 9.17) is 0 Å². The van der Waals surface area contributed by atoms with Gasteiger partial charge in [-0.15, -0.1) is 10.2 Å². The molecule has 0 saturated carbocycles. The zero-order valence-corrected chi connectivity index (χ0v) is 14.9. The van der Waals surface area contributed by atoms with Gasteiger partial charge in [0.1, 0.15) is 5.82 Å². The first kappa shape index (κ1) is 19.0. The molecule has 0 aliphatic heterocycles. The van der Waals surface area contributed by atoms with Gasteiger partial charge in [0, 0.05) is 5.92 Å². The fraction of sp³-hybridized carbons (Fsp3) is 0.556. The minimum atomic E-state index is -0.897. The van der Waals surface area contributed by atoms with Gasteiger partial charge in [-0.2, -0.15) is 5.21 Å². The number of nitrogens with zero attached hydrogens (tertiary/aromatic N) is 3. The number of halogens is 1. The van der Waals surface area contributed by atoms with Crippen molar-refractivity contribution < 1.29 is 14.3 Å². The maximum Gasteiger partial charge on any atom is 0.307 e. The molecule has 0 spiro atoms. The van der Waals surface area contributed by atoms with E-state index in [1.54, 1.807) is 6.07 Å². The summed E-state index contributed by atoms with van der Waals surface area (Å²) in [7, 11) is 0. The predicted molar refractivity (Wildman–Crippen MR) is 91.6 cm³/mol. The van der Waals surface area contributed by atoms with Crippen LogP contribution in [0.25, 0.3) is 0 Å². The van der Waals surface area contributed by atoms with E-state index in [1.807, 2.05) is 26.8 Å². The van der Waals surface area contributed by atoms with Crippen molar-refractivity contribution in [2.75, 3.05) is 0 Å². The van der Waals surface area contributed by atoms with Crippen LogP contribution in [0.5, 0.6) is 0 Å². The lowest BCUT2D eigenvalue weighted by Crippen LogP contribution is -2.26. The Morgan fingerprint density at radius 2 is 2.12 bits per heavy atom. The fourth-order valence-electron chi connectivity index (χ4n) is 3.13. The number of aliphatic carboxylic acids is 1. The van der Waals surface area contributed by atoms with Crippen LogP contribution in [-0.2, 0) is 17.6 Å². The number of carboxylic acids is 1. The van der Waals surface area contributed by atoms with Gasteiger partial charge < -0.3 is 5.11 Å². The first-order valence-electron chi connectivity index (χ1n) is 8.65. The molecule has 0 radical (unpaired) electrons. The summed E-state index contributed by atoms with van der Waals surface area (Å²) in [5, 5.41) is 23.6. The normalized spacial score (nSPS) is 13.8. The van der Waals surface area contributed by atoms with E-state index in [1.165, 1.54) is 6.07 Å². The molecule has 1 heterocycles. The third-order valence-electron chi connectivity index (χ3n) is 4.31. The number of rotatable bonds is 9. The summed E-state index contributed by atoms with van der Waals surface area (Å²) in [6, 6.07) is 5.13. The van der Waals surface area contributed by atoms with Crippen molar-refractivity contribution in [3.05, 3.63) is 41.0 Å². The average molecular weight is 348 g/mol. The molecule has 136 valence electrons. The van der Waals surface area contributed by atoms with E-state index in [9.17, 15) is 14.3 Å². The predicted octanol–water partition coefficient (Wildman–Crippen LogP) is 3.36. The molecule has 0 saturated heterocycles. The second-order valence-electron chi connectivity index (χ2n) is 6.83. The Kier molecular flexibility index (Phi) is 6.61. The summed E-state index contributed by atoms with van der Waals surface area (Å²) in [6.07, 6.45) is 2.40. The zero-order chi connectivity index (χ0) is 18.4. The van der Waals surface area contributed by atoms with E-state index < -0.39 is 17.8 Å². The maximum atomic E-state index is 14.2. The number of nitrogens with one attached hydrogen (secondary N) is 1. The lowest BCUT2D eigenvalue weighted by molar-refractivity contribution is -0.143. The Morgan fingerprint density at radius 3 is 2.64 bits per heavy atom. The zero-order valence-electron chi connectivity index (χ0n) is 14.9. The molecule has 0 bridgehead atoms. The van der Waals surface area contributed by atoms with Gasteiger partial charge in [-0.05, 0) is 42.4 Å². The maximum absolute atomic E-state index is 14.2. The Morgan fingerprint density at radius 1 is 1.36 bits per heavy atom. The first-order valence-corrected chi connectivity index (χ1v) is 8.65. The summed E-state index contributed by atoms with van der Waals surface area (Å²) in [4.78, 5) is 11.8. The van der Waals surface area contributed by atoms with Crippen LogP contribution in [0.1, 0.15) is 56.5 Å². The highest BCUT2D eigenvalue weighted by Crippen LogP contribution is 2.31. The third-order valence-corrected chi connectivity index (χ3v) is 4.31. The quantitative estimate of drug-likeness (QED) is 0.725. The Labute approximate surface area is 146 Å². The molecule has 0 aliphatic rings. The SMILES string of the molecule is CCCc1ccc(C[C@H](c2nn[nH]n2)[C@H](CC(C)C)C(=O)O)cc1F. The topological polar surface area (TPSA) is 91.8 Å². The Hall–Kier alpha value is -2.31. The smallest absolute Gasteiger partial charge is 0.307 e. The van der Waals surface area contributed by atoms with Gasteiger partial charge in [0.25, 0.3) is 0 Å². The number of aromatic amines is 1. The molecule has 25 heavy (non-hydrogen) atoms. The molecule has 2 rings (SSSR count). The van der Waals surface area contributed by atoms with Gasteiger partial charge in [-0.25, -0.2) is 4.39 Å². The van der Waals surface area contributed by atoms with Crippen LogP contribution < -0.4 is 0 Å². The second-order valence-corrected chi connectivity index (χ2v) is 6.83. The number of aromatic nitrogens is 4. The highest BCUT2D eigenvalue weighted by Gasteiger charge is 2.33. The lowest BCUT2D eigenvalue weighted by atomic mass is 9.81. The third kappa shape index (κ3) is 5.08. The molecule has 7 heteroatoms. The average Bonchev–Trinajstić information content (AvgIpc) is 3.07. The summed E-state index contributed by atoms with van der Waals surface area (Å²) < 4.78 is 14.2.